The van der Waals surface area contributed by atoms with E-state index >= 15 is 0 Å². The summed E-state index contributed by atoms with van der Waals surface area (Å²) in [6.07, 6.45) is 0. The maximum Gasteiger partial charge on any atom is 0.0426 e. The van der Waals surface area contributed by atoms with Gasteiger partial charge in [0.1, 0.15) is 0 Å². The highest BCUT2D eigenvalue weighted by molar-refractivity contribution is 6.30. The van der Waals surface area contributed by atoms with Crippen LogP contribution in [0.15, 0.2) is 48.5 Å². The van der Waals surface area contributed by atoms with Crippen LogP contribution in [0.5, 0.6) is 0 Å². The van der Waals surface area contributed by atoms with E-state index in [4.69, 9.17) is 17.3 Å². The zero-order valence-corrected chi connectivity index (χ0v) is 11.2. The van der Waals surface area contributed by atoms with Gasteiger partial charge < -0.3 is 10.6 Å². The minimum atomic E-state index is 0.568. The first-order chi connectivity index (χ1) is 8.69. The molecule has 3 heteroatoms. The lowest BCUT2D eigenvalue weighted by Crippen LogP contribution is -2.16. The van der Waals surface area contributed by atoms with Crippen molar-refractivity contribution in [3.8, 4) is 0 Å². The second-order valence-corrected chi connectivity index (χ2v) is 4.80. The molecule has 0 bridgehead atoms. The third kappa shape index (κ3) is 3.25. The van der Waals surface area contributed by atoms with Crippen LogP contribution in [0, 0.1) is 0 Å². The van der Waals surface area contributed by atoms with Crippen molar-refractivity contribution in [1.29, 1.82) is 0 Å². The van der Waals surface area contributed by atoms with Gasteiger partial charge in [-0.2, -0.15) is 0 Å². The van der Waals surface area contributed by atoms with Gasteiger partial charge in [-0.05, 0) is 35.4 Å². The molecule has 0 amide bonds. The average molecular weight is 261 g/mol. The SMILES string of the molecule is CN(Cc1cccc(Cl)c1)c1cccc(CN)c1. The number of nitrogens with two attached hydrogens (primary N) is 1. The van der Waals surface area contributed by atoms with Crippen molar-refractivity contribution in [2.24, 2.45) is 5.73 Å². The summed E-state index contributed by atoms with van der Waals surface area (Å²) in [4.78, 5) is 2.19. The quantitative estimate of drug-likeness (QED) is 0.913. The molecular formula is C15H17ClN2. The fraction of sp³-hybridized carbons (Fsp3) is 0.200. The summed E-state index contributed by atoms with van der Waals surface area (Å²) in [7, 11) is 2.07. The second-order valence-electron chi connectivity index (χ2n) is 4.36. The Morgan fingerprint density at radius 2 is 1.78 bits per heavy atom. The first kappa shape index (κ1) is 12.9. The minimum Gasteiger partial charge on any atom is -0.370 e. The van der Waals surface area contributed by atoms with Crippen molar-refractivity contribution in [1.82, 2.24) is 0 Å². The number of rotatable bonds is 4. The van der Waals surface area contributed by atoms with E-state index in [1.54, 1.807) is 0 Å². The van der Waals surface area contributed by atoms with Gasteiger partial charge in [0.05, 0.1) is 0 Å². The zero-order chi connectivity index (χ0) is 13.0. The molecule has 94 valence electrons. The van der Waals surface area contributed by atoms with Crippen LogP contribution in [0.3, 0.4) is 0 Å². The molecular weight excluding hydrogens is 244 g/mol. The van der Waals surface area contributed by atoms with E-state index < -0.39 is 0 Å². The predicted octanol–water partition coefficient (Wildman–Crippen LogP) is 3.44. The summed E-state index contributed by atoms with van der Waals surface area (Å²) >= 11 is 5.99. The topological polar surface area (TPSA) is 29.3 Å². The Morgan fingerprint density at radius 1 is 1.06 bits per heavy atom. The Hall–Kier alpha value is -1.51. The van der Waals surface area contributed by atoms with Crippen LogP contribution in [0.25, 0.3) is 0 Å². The lowest BCUT2D eigenvalue weighted by atomic mass is 10.1. The maximum atomic E-state index is 5.99. The Labute approximate surface area is 113 Å². The first-order valence-corrected chi connectivity index (χ1v) is 6.31. The molecule has 2 aromatic rings. The molecule has 0 saturated heterocycles. The van der Waals surface area contributed by atoms with Gasteiger partial charge in [0, 0.05) is 30.8 Å². The Morgan fingerprint density at radius 3 is 2.50 bits per heavy atom. The van der Waals surface area contributed by atoms with E-state index in [9.17, 15) is 0 Å². The molecule has 0 aliphatic rings. The molecule has 0 unspecified atom stereocenters. The fourth-order valence-corrected chi connectivity index (χ4v) is 2.13. The summed E-state index contributed by atoms with van der Waals surface area (Å²) in [6, 6.07) is 16.2. The molecule has 0 aliphatic carbocycles. The standard InChI is InChI=1S/C15H17ClN2/c1-18(11-13-5-2-6-14(16)8-13)15-7-3-4-12(9-15)10-17/h2-9H,10-11,17H2,1H3. The highest BCUT2D eigenvalue weighted by atomic mass is 35.5. The van der Waals surface area contributed by atoms with Crippen molar-refractivity contribution >= 4 is 17.3 Å². The smallest absolute Gasteiger partial charge is 0.0426 e. The van der Waals surface area contributed by atoms with E-state index in [1.165, 1.54) is 5.56 Å². The Kier molecular flexibility index (Phi) is 4.24. The molecule has 0 atom stereocenters. The number of halogens is 1. The van der Waals surface area contributed by atoms with Crippen LogP contribution in [0.4, 0.5) is 5.69 Å². The normalized spacial score (nSPS) is 10.4. The van der Waals surface area contributed by atoms with Gasteiger partial charge in [-0.15, -0.1) is 0 Å². The van der Waals surface area contributed by atoms with Gasteiger partial charge in [0.25, 0.3) is 0 Å². The fourth-order valence-electron chi connectivity index (χ4n) is 1.92. The molecule has 2 aromatic carbocycles. The zero-order valence-electron chi connectivity index (χ0n) is 10.4. The van der Waals surface area contributed by atoms with Crippen LogP contribution in [-0.4, -0.2) is 7.05 Å². The van der Waals surface area contributed by atoms with Gasteiger partial charge in [0.2, 0.25) is 0 Å². The molecule has 0 aromatic heterocycles. The number of hydrogen-bond donors (Lipinski definition) is 1. The summed E-state index contributed by atoms with van der Waals surface area (Å²) < 4.78 is 0. The van der Waals surface area contributed by atoms with Crippen LogP contribution in [0.1, 0.15) is 11.1 Å². The van der Waals surface area contributed by atoms with Gasteiger partial charge in [-0.25, -0.2) is 0 Å². The van der Waals surface area contributed by atoms with Gasteiger partial charge in [-0.3, -0.25) is 0 Å². The molecule has 0 spiro atoms. The third-order valence-corrected chi connectivity index (χ3v) is 3.13. The molecule has 0 aliphatic heterocycles. The Balaban J connectivity index is 2.13. The lowest BCUT2D eigenvalue weighted by Gasteiger charge is -2.20. The highest BCUT2D eigenvalue weighted by Gasteiger charge is 2.03. The highest BCUT2D eigenvalue weighted by Crippen LogP contribution is 2.18. The predicted molar refractivity (Wildman–Crippen MR) is 77.9 cm³/mol. The summed E-state index contributed by atoms with van der Waals surface area (Å²) in [6.45, 7) is 1.40. The summed E-state index contributed by atoms with van der Waals surface area (Å²) in [5.41, 5.74) is 9.16. The molecule has 18 heavy (non-hydrogen) atoms. The van der Waals surface area contributed by atoms with Crippen molar-refractivity contribution in [2.45, 2.75) is 13.1 Å². The third-order valence-electron chi connectivity index (χ3n) is 2.90. The van der Waals surface area contributed by atoms with Crippen LogP contribution in [0.2, 0.25) is 5.02 Å². The number of hydrogen-bond acceptors (Lipinski definition) is 2. The molecule has 0 radical (unpaired) electrons. The van der Waals surface area contributed by atoms with E-state index in [-0.39, 0.29) is 0 Å². The number of benzene rings is 2. The van der Waals surface area contributed by atoms with Crippen LogP contribution >= 0.6 is 11.6 Å². The van der Waals surface area contributed by atoms with Gasteiger partial charge in [0.15, 0.2) is 0 Å². The van der Waals surface area contributed by atoms with E-state index in [1.807, 2.05) is 30.3 Å². The van der Waals surface area contributed by atoms with Crippen molar-refractivity contribution < 1.29 is 0 Å². The van der Waals surface area contributed by atoms with E-state index in [2.05, 4.69) is 30.1 Å². The molecule has 0 saturated carbocycles. The molecule has 0 fully saturated rings. The van der Waals surface area contributed by atoms with Crippen molar-refractivity contribution in [3.63, 3.8) is 0 Å². The number of anilines is 1. The lowest BCUT2D eigenvalue weighted by molar-refractivity contribution is 0.919. The molecule has 2 rings (SSSR count). The number of nitrogens with zero attached hydrogens (tertiary/aromatic N) is 1. The average Bonchev–Trinajstić information content (AvgIpc) is 2.39. The Bertz CT molecular complexity index is 525. The van der Waals surface area contributed by atoms with E-state index in [0.29, 0.717) is 6.54 Å². The second kappa shape index (κ2) is 5.89. The summed E-state index contributed by atoms with van der Waals surface area (Å²) in [5, 5.41) is 0.775. The van der Waals surface area contributed by atoms with Crippen LogP contribution in [-0.2, 0) is 13.1 Å². The minimum absolute atomic E-state index is 0.568. The largest absolute Gasteiger partial charge is 0.370 e. The van der Waals surface area contributed by atoms with Crippen LogP contribution < -0.4 is 10.6 Å². The van der Waals surface area contributed by atoms with E-state index in [0.717, 1.165) is 22.8 Å². The van der Waals surface area contributed by atoms with Gasteiger partial charge >= 0.3 is 0 Å². The first-order valence-electron chi connectivity index (χ1n) is 5.93. The monoisotopic (exact) mass is 260 g/mol. The molecule has 2 nitrogen and oxygen atoms in total. The van der Waals surface area contributed by atoms with Crippen molar-refractivity contribution in [2.75, 3.05) is 11.9 Å². The molecule has 0 heterocycles. The maximum absolute atomic E-state index is 5.99. The molecule has 2 N–H and O–H groups in total. The summed E-state index contributed by atoms with van der Waals surface area (Å²) in [5.74, 6) is 0. The van der Waals surface area contributed by atoms with Crippen molar-refractivity contribution in [3.05, 3.63) is 64.7 Å². The van der Waals surface area contributed by atoms with Gasteiger partial charge in [-0.1, -0.05) is 35.9 Å².